The number of anilines is 1. The van der Waals surface area contributed by atoms with E-state index in [2.05, 4.69) is 10.6 Å². The SMILES string of the molecule is O=C(/C=C\c1ccc2c(c1)OCO2)NC(C(=O)Nc1ccc2c(c1)OCCO2)c1ccccc1. The predicted molar refractivity (Wildman–Crippen MR) is 125 cm³/mol. The minimum Gasteiger partial charge on any atom is -0.486 e. The summed E-state index contributed by atoms with van der Waals surface area (Å²) in [5.74, 6) is 1.70. The van der Waals surface area contributed by atoms with Crippen LogP contribution >= 0.6 is 0 Å². The minimum absolute atomic E-state index is 0.181. The summed E-state index contributed by atoms with van der Waals surface area (Å²) in [6, 6.07) is 18.7. The van der Waals surface area contributed by atoms with Crippen LogP contribution in [0.4, 0.5) is 5.69 Å². The van der Waals surface area contributed by atoms with Crippen molar-refractivity contribution in [1.82, 2.24) is 5.32 Å². The summed E-state index contributed by atoms with van der Waals surface area (Å²) in [6.07, 6.45) is 3.03. The van der Waals surface area contributed by atoms with E-state index in [1.54, 1.807) is 48.5 Å². The van der Waals surface area contributed by atoms with Crippen LogP contribution < -0.4 is 29.6 Å². The summed E-state index contributed by atoms with van der Waals surface area (Å²) in [5, 5.41) is 5.64. The van der Waals surface area contributed by atoms with Crippen LogP contribution in [-0.4, -0.2) is 31.8 Å². The lowest BCUT2D eigenvalue weighted by Gasteiger charge is -2.21. The first-order valence-electron chi connectivity index (χ1n) is 10.8. The maximum absolute atomic E-state index is 13.2. The highest BCUT2D eigenvalue weighted by atomic mass is 16.7. The van der Waals surface area contributed by atoms with Crippen molar-refractivity contribution in [3.63, 3.8) is 0 Å². The number of fused-ring (bicyclic) bond motifs is 2. The van der Waals surface area contributed by atoms with E-state index in [-0.39, 0.29) is 12.7 Å². The highest BCUT2D eigenvalue weighted by molar-refractivity contribution is 6.00. The largest absolute Gasteiger partial charge is 0.486 e. The molecule has 0 bridgehead atoms. The molecule has 3 aromatic carbocycles. The number of nitrogens with one attached hydrogen (secondary N) is 2. The zero-order valence-corrected chi connectivity index (χ0v) is 18.2. The van der Waals surface area contributed by atoms with Gasteiger partial charge in [-0.2, -0.15) is 0 Å². The van der Waals surface area contributed by atoms with Gasteiger partial charge < -0.3 is 29.6 Å². The Balaban J connectivity index is 1.31. The first kappa shape index (κ1) is 21.4. The van der Waals surface area contributed by atoms with Crippen molar-refractivity contribution < 1.29 is 28.5 Å². The van der Waals surface area contributed by atoms with Crippen molar-refractivity contribution >= 4 is 23.6 Å². The first-order chi connectivity index (χ1) is 16.7. The Bertz CT molecular complexity index is 1240. The number of hydrogen-bond acceptors (Lipinski definition) is 6. The lowest BCUT2D eigenvalue weighted by atomic mass is 10.1. The molecule has 34 heavy (non-hydrogen) atoms. The van der Waals surface area contributed by atoms with Crippen LogP contribution in [0.2, 0.25) is 0 Å². The van der Waals surface area contributed by atoms with Gasteiger partial charge in [0, 0.05) is 17.8 Å². The van der Waals surface area contributed by atoms with Gasteiger partial charge in [-0.3, -0.25) is 9.59 Å². The van der Waals surface area contributed by atoms with Gasteiger partial charge in [0.1, 0.15) is 19.3 Å². The predicted octanol–water partition coefficient (Wildman–Crippen LogP) is 3.70. The monoisotopic (exact) mass is 458 g/mol. The third-order valence-corrected chi connectivity index (χ3v) is 5.32. The van der Waals surface area contributed by atoms with Crippen molar-refractivity contribution in [2.75, 3.05) is 25.3 Å². The summed E-state index contributed by atoms with van der Waals surface area (Å²) >= 11 is 0. The third-order valence-electron chi connectivity index (χ3n) is 5.32. The van der Waals surface area contributed by atoms with E-state index in [0.29, 0.717) is 47.5 Å². The smallest absolute Gasteiger partial charge is 0.251 e. The maximum atomic E-state index is 13.2. The molecule has 2 amide bonds. The van der Waals surface area contributed by atoms with Gasteiger partial charge in [0.25, 0.3) is 5.91 Å². The third kappa shape index (κ3) is 4.80. The Hall–Kier alpha value is -4.46. The fourth-order valence-electron chi connectivity index (χ4n) is 3.66. The fourth-order valence-corrected chi connectivity index (χ4v) is 3.66. The molecule has 1 unspecified atom stereocenters. The van der Waals surface area contributed by atoms with Crippen molar-refractivity contribution in [2.24, 2.45) is 0 Å². The minimum atomic E-state index is -0.900. The van der Waals surface area contributed by atoms with Crippen LogP contribution in [0.15, 0.2) is 72.8 Å². The highest BCUT2D eigenvalue weighted by Gasteiger charge is 2.23. The van der Waals surface area contributed by atoms with Gasteiger partial charge in [-0.05, 0) is 41.5 Å². The molecular weight excluding hydrogens is 436 g/mol. The van der Waals surface area contributed by atoms with Crippen LogP contribution in [0.5, 0.6) is 23.0 Å². The highest BCUT2D eigenvalue weighted by Crippen LogP contribution is 2.34. The van der Waals surface area contributed by atoms with Gasteiger partial charge in [-0.25, -0.2) is 0 Å². The van der Waals surface area contributed by atoms with Crippen molar-refractivity contribution in [1.29, 1.82) is 0 Å². The van der Waals surface area contributed by atoms with Crippen LogP contribution in [0.25, 0.3) is 6.08 Å². The molecule has 0 saturated heterocycles. The number of carbonyl (C=O) groups excluding carboxylic acids is 2. The van der Waals surface area contributed by atoms with Crippen LogP contribution in [0.3, 0.4) is 0 Å². The average molecular weight is 458 g/mol. The summed E-state index contributed by atoms with van der Waals surface area (Å²) < 4.78 is 21.8. The van der Waals surface area contributed by atoms with Crippen LogP contribution in [0.1, 0.15) is 17.2 Å². The lowest BCUT2D eigenvalue weighted by molar-refractivity contribution is -0.123. The van der Waals surface area contributed by atoms with Crippen molar-refractivity contribution in [3.05, 3.63) is 83.9 Å². The van der Waals surface area contributed by atoms with E-state index in [9.17, 15) is 9.59 Å². The van der Waals surface area contributed by atoms with Gasteiger partial charge in [-0.1, -0.05) is 36.4 Å². The second kappa shape index (κ2) is 9.58. The number of benzene rings is 3. The molecule has 172 valence electrons. The number of hydrogen-bond donors (Lipinski definition) is 2. The molecule has 3 aromatic rings. The van der Waals surface area contributed by atoms with E-state index in [1.807, 2.05) is 24.3 Å². The molecule has 0 aromatic heterocycles. The van der Waals surface area contributed by atoms with Gasteiger partial charge in [0.05, 0.1) is 0 Å². The quantitative estimate of drug-likeness (QED) is 0.547. The summed E-state index contributed by atoms with van der Waals surface area (Å²) in [7, 11) is 0. The van der Waals surface area contributed by atoms with E-state index in [0.717, 1.165) is 5.56 Å². The molecule has 2 heterocycles. The van der Waals surface area contributed by atoms with Gasteiger partial charge >= 0.3 is 0 Å². The van der Waals surface area contributed by atoms with Crippen LogP contribution in [-0.2, 0) is 9.59 Å². The summed E-state index contributed by atoms with van der Waals surface area (Å²) in [5.41, 5.74) is 1.97. The molecule has 8 nitrogen and oxygen atoms in total. The van der Waals surface area contributed by atoms with Gasteiger partial charge in [-0.15, -0.1) is 0 Å². The van der Waals surface area contributed by atoms with E-state index in [4.69, 9.17) is 18.9 Å². The lowest BCUT2D eigenvalue weighted by Crippen LogP contribution is -2.36. The summed E-state index contributed by atoms with van der Waals surface area (Å²) in [6.45, 7) is 1.11. The van der Waals surface area contributed by atoms with E-state index >= 15 is 0 Å². The summed E-state index contributed by atoms with van der Waals surface area (Å²) in [4.78, 5) is 25.9. The molecule has 2 N–H and O–H groups in total. The standard InChI is InChI=1S/C26H22N2O6/c29-24(11-7-17-6-9-21-22(14-17)34-16-33-21)28-25(18-4-2-1-3-5-18)26(30)27-19-8-10-20-23(15-19)32-13-12-31-20/h1-11,14-15,25H,12-13,16H2,(H,27,30)(H,28,29)/b11-7-. The Morgan fingerprint density at radius 1 is 0.794 bits per heavy atom. The fraction of sp³-hybridized carbons (Fsp3) is 0.154. The van der Waals surface area contributed by atoms with Crippen LogP contribution in [0, 0.1) is 0 Å². The molecular formula is C26H22N2O6. The molecule has 0 aliphatic carbocycles. The Kier molecular flexibility index (Phi) is 6.03. The number of rotatable bonds is 6. The molecule has 0 saturated carbocycles. The number of carbonyl (C=O) groups is 2. The molecule has 2 aliphatic rings. The molecule has 1 atom stereocenters. The second-order valence-electron chi connectivity index (χ2n) is 7.65. The van der Waals surface area contributed by atoms with Crippen molar-refractivity contribution in [2.45, 2.75) is 6.04 Å². The molecule has 0 fully saturated rings. The molecule has 0 spiro atoms. The van der Waals surface area contributed by atoms with Gasteiger partial charge in [0.15, 0.2) is 23.0 Å². The van der Waals surface area contributed by atoms with Crippen molar-refractivity contribution in [3.8, 4) is 23.0 Å². The molecule has 8 heteroatoms. The average Bonchev–Trinajstić information content (AvgIpc) is 3.34. The number of amides is 2. The topological polar surface area (TPSA) is 95.1 Å². The zero-order valence-electron chi connectivity index (χ0n) is 18.2. The first-order valence-corrected chi connectivity index (χ1v) is 10.8. The normalized spacial score (nSPS) is 14.5. The van der Waals surface area contributed by atoms with E-state index in [1.165, 1.54) is 6.08 Å². The number of ether oxygens (including phenoxy) is 4. The Morgan fingerprint density at radius 3 is 2.35 bits per heavy atom. The van der Waals surface area contributed by atoms with Gasteiger partial charge in [0.2, 0.25) is 12.7 Å². The second-order valence-corrected chi connectivity index (χ2v) is 7.65. The molecule has 2 aliphatic heterocycles. The zero-order chi connectivity index (χ0) is 23.3. The Labute approximate surface area is 196 Å². The molecule has 0 radical (unpaired) electrons. The molecule has 5 rings (SSSR count). The Morgan fingerprint density at radius 2 is 1.50 bits per heavy atom. The maximum Gasteiger partial charge on any atom is 0.251 e. The van der Waals surface area contributed by atoms with E-state index < -0.39 is 11.9 Å².